The van der Waals surface area contributed by atoms with Crippen LogP contribution in [0.2, 0.25) is 0 Å². The molecule has 2 aromatic carbocycles. The minimum absolute atomic E-state index is 0.0305. The van der Waals surface area contributed by atoms with Crippen molar-refractivity contribution in [3.8, 4) is 0 Å². The molecule has 0 spiro atoms. The van der Waals surface area contributed by atoms with Gasteiger partial charge in [0.25, 0.3) is 0 Å². The summed E-state index contributed by atoms with van der Waals surface area (Å²) < 4.78 is 0. The number of carboxylic acid groups (broad SMARTS) is 2. The van der Waals surface area contributed by atoms with Gasteiger partial charge in [-0.1, -0.05) is 74.5 Å². The van der Waals surface area contributed by atoms with E-state index in [0.717, 1.165) is 5.56 Å². The lowest BCUT2D eigenvalue weighted by Crippen LogP contribution is -2.59. The number of hydrogen-bond acceptors (Lipinski definition) is 10. The maximum absolute atomic E-state index is 14.1. The molecule has 2 heterocycles. The monoisotopic (exact) mass is 879 g/mol. The summed E-state index contributed by atoms with van der Waals surface area (Å²) in [5, 5.41) is 30.1. The minimum atomic E-state index is -1.43. The molecule has 0 radical (unpaired) electrons. The Hall–Kier alpha value is -5.49. The molecular weight excluding hydrogens is 819 g/mol. The third-order valence-corrected chi connectivity index (χ3v) is 11.7. The molecule has 0 unspecified atom stereocenters. The average Bonchev–Trinajstić information content (AvgIpc) is 3.94. The van der Waals surface area contributed by atoms with E-state index < -0.39 is 90.2 Å². The number of carbonyl (C=O) groups is 8. The Morgan fingerprint density at radius 1 is 0.677 bits per heavy atom. The van der Waals surface area contributed by atoms with E-state index in [2.05, 4.69) is 21.3 Å². The molecule has 2 saturated heterocycles. The van der Waals surface area contributed by atoms with Crippen LogP contribution in [0.1, 0.15) is 76.3 Å². The molecule has 7 atom stereocenters. The maximum atomic E-state index is 14.1. The van der Waals surface area contributed by atoms with E-state index in [0.29, 0.717) is 37.1 Å². The van der Waals surface area contributed by atoms with Gasteiger partial charge in [-0.3, -0.25) is 33.6 Å². The molecule has 17 nitrogen and oxygen atoms in total. The fraction of sp³-hybridized carbons (Fsp3) is 0.545. The fourth-order valence-corrected chi connectivity index (χ4v) is 8.31. The molecule has 2 aromatic rings. The Balaban J connectivity index is 1.46. The highest BCUT2D eigenvalue weighted by Crippen LogP contribution is 2.22. The van der Waals surface area contributed by atoms with Gasteiger partial charge in [0.2, 0.25) is 35.4 Å². The lowest BCUT2D eigenvalue weighted by Gasteiger charge is -2.31. The number of nitrogens with zero attached hydrogens (tertiary/aromatic N) is 2. The first kappa shape index (κ1) is 49.2. The van der Waals surface area contributed by atoms with Gasteiger partial charge < -0.3 is 47.0 Å². The molecular formula is C44H61N7O10S. The molecule has 6 amide bonds. The average molecular weight is 880 g/mol. The Kier molecular flexibility index (Phi) is 19.2. The SMILES string of the molecule is CSCC[C@H](NC(=O)[C@H](CCC(=O)O)NC(=O)[C@H](CC(C)C)NC(=O)[C@@H]1CCCN1C(=O)[C@@H](N)Cc1ccccc1)C(=O)N1CCC[C@H]1C(=O)N[C@@H](Cc1ccccc1)C(=O)O. The zero-order valence-corrected chi connectivity index (χ0v) is 36.4. The number of amides is 6. The third-order valence-electron chi connectivity index (χ3n) is 11.0. The van der Waals surface area contributed by atoms with Crippen molar-refractivity contribution >= 4 is 59.1 Å². The van der Waals surface area contributed by atoms with E-state index in [9.17, 15) is 48.6 Å². The number of hydrogen-bond donors (Lipinski definition) is 7. The van der Waals surface area contributed by atoms with Crippen LogP contribution in [0.3, 0.4) is 0 Å². The smallest absolute Gasteiger partial charge is 0.326 e. The molecule has 0 saturated carbocycles. The van der Waals surface area contributed by atoms with Crippen LogP contribution in [-0.2, 0) is 51.2 Å². The van der Waals surface area contributed by atoms with Crippen molar-refractivity contribution in [1.82, 2.24) is 31.1 Å². The van der Waals surface area contributed by atoms with Crippen molar-refractivity contribution in [2.45, 2.75) is 120 Å². The van der Waals surface area contributed by atoms with Crippen LogP contribution >= 0.6 is 11.8 Å². The van der Waals surface area contributed by atoms with Crippen LogP contribution in [0.4, 0.5) is 0 Å². The number of aliphatic carboxylic acids is 2. The van der Waals surface area contributed by atoms with Crippen LogP contribution in [0, 0.1) is 5.92 Å². The second-order valence-corrected chi connectivity index (χ2v) is 17.3. The maximum Gasteiger partial charge on any atom is 0.326 e. The van der Waals surface area contributed by atoms with Crippen molar-refractivity contribution in [2.75, 3.05) is 25.1 Å². The van der Waals surface area contributed by atoms with E-state index in [1.54, 1.807) is 30.3 Å². The summed E-state index contributed by atoms with van der Waals surface area (Å²) in [5.74, 6) is -5.89. The highest BCUT2D eigenvalue weighted by atomic mass is 32.2. The number of nitrogens with one attached hydrogen (secondary N) is 4. The normalized spacial score (nSPS) is 18.5. The molecule has 62 heavy (non-hydrogen) atoms. The molecule has 2 aliphatic rings. The third kappa shape index (κ3) is 14.6. The van der Waals surface area contributed by atoms with Crippen molar-refractivity contribution < 1.29 is 48.6 Å². The zero-order chi connectivity index (χ0) is 45.3. The van der Waals surface area contributed by atoms with Gasteiger partial charge in [-0.25, -0.2) is 4.79 Å². The standard InChI is InChI=1S/C44H61N7O10S/c1-27(2)24-33(48-40(56)35-16-10-21-50(35)42(58)30(45)25-28-12-6-4-7-13-28)39(55)46-31(18-19-37(52)53)38(54)47-32(20-23-62-3)43(59)51-22-11-17-36(51)41(57)49-34(44(60)61)26-29-14-8-5-9-15-29/h4-9,12-15,27,30-36H,10-11,16-26,45H2,1-3H3,(H,46,55)(H,47,54)(H,48,56)(H,49,57)(H,52,53)(H,60,61)/t30-,31-,32-,33-,34-,35-,36-/m0/s1. The van der Waals surface area contributed by atoms with E-state index in [-0.39, 0.29) is 56.9 Å². The van der Waals surface area contributed by atoms with Crippen molar-refractivity contribution in [2.24, 2.45) is 11.7 Å². The number of benzene rings is 2. The van der Waals surface area contributed by atoms with Crippen molar-refractivity contribution in [3.05, 3.63) is 71.8 Å². The number of carboxylic acids is 2. The minimum Gasteiger partial charge on any atom is -0.481 e. The van der Waals surface area contributed by atoms with Crippen LogP contribution in [0.5, 0.6) is 0 Å². The highest BCUT2D eigenvalue weighted by molar-refractivity contribution is 7.98. The molecule has 18 heteroatoms. The van der Waals surface area contributed by atoms with E-state index in [4.69, 9.17) is 5.73 Å². The molecule has 4 rings (SSSR count). The van der Waals surface area contributed by atoms with Gasteiger partial charge in [-0.05, 0) is 80.4 Å². The van der Waals surface area contributed by atoms with Gasteiger partial charge in [0, 0.05) is 25.9 Å². The van der Waals surface area contributed by atoms with E-state index in [1.807, 2.05) is 50.4 Å². The lowest BCUT2D eigenvalue weighted by atomic mass is 10.0. The molecule has 0 aromatic heterocycles. The van der Waals surface area contributed by atoms with Gasteiger partial charge in [-0.15, -0.1) is 0 Å². The first-order valence-electron chi connectivity index (χ1n) is 21.2. The molecule has 2 aliphatic heterocycles. The first-order chi connectivity index (χ1) is 29.6. The van der Waals surface area contributed by atoms with Crippen LogP contribution < -0.4 is 27.0 Å². The Morgan fingerprint density at radius 2 is 1.18 bits per heavy atom. The van der Waals surface area contributed by atoms with Gasteiger partial charge in [0.1, 0.15) is 36.3 Å². The zero-order valence-electron chi connectivity index (χ0n) is 35.6. The van der Waals surface area contributed by atoms with Crippen LogP contribution in [0.15, 0.2) is 60.7 Å². The molecule has 8 N–H and O–H groups in total. The summed E-state index contributed by atoms with van der Waals surface area (Å²) in [6.45, 7) is 4.17. The van der Waals surface area contributed by atoms with Gasteiger partial charge in [-0.2, -0.15) is 11.8 Å². The van der Waals surface area contributed by atoms with Crippen molar-refractivity contribution in [1.29, 1.82) is 0 Å². The number of rotatable bonds is 23. The number of nitrogens with two attached hydrogens (primary N) is 1. The molecule has 338 valence electrons. The van der Waals surface area contributed by atoms with Gasteiger partial charge >= 0.3 is 11.9 Å². The predicted octanol–water partition coefficient (Wildman–Crippen LogP) is 1.47. The highest BCUT2D eigenvalue weighted by Gasteiger charge is 2.41. The van der Waals surface area contributed by atoms with E-state index in [1.165, 1.54) is 21.6 Å². The number of thioether (sulfide) groups is 1. The Morgan fingerprint density at radius 3 is 1.69 bits per heavy atom. The van der Waals surface area contributed by atoms with Crippen LogP contribution in [0.25, 0.3) is 0 Å². The second-order valence-electron chi connectivity index (χ2n) is 16.3. The van der Waals surface area contributed by atoms with Gasteiger partial charge in [0.05, 0.1) is 6.04 Å². The summed E-state index contributed by atoms with van der Waals surface area (Å²) in [6.07, 6.45) is 3.20. The summed E-state index contributed by atoms with van der Waals surface area (Å²) in [6, 6.07) is 10.3. The van der Waals surface area contributed by atoms with Crippen molar-refractivity contribution in [3.63, 3.8) is 0 Å². The quantitative estimate of drug-likeness (QED) is 0.0838. The first-order valence-corrected chi connectivity index (χ1v) is 22.6. The lowest BCUT2D eigenvalue weighted by molar-refractivity contribution is -0.145. The predicted molar refractivity (Wildman–Crippen MR) is 232 cm³/mol. The second kappa shape index (κ2) is 24.2. The Bertz CT molecular complexity index is 1870. The fourth-order valence-electron chi connectivity index (χ4n) is 7.84. The molecule has 0 bridgehead atoms. The summed E-state index contributed by atoms with van der Waals surface area (Å²) >= 11 is 1.41. The Labute approximate surface area is 366 Å². The molecule has 0 aliphatic carbocycles. The van der Waals surface area contributed by atoms with Gasteiger partial charge in [0.15, 0.2) is 0 Å². The summed E-state index contributed by atoms with van der Waals surface area (Å²) in [4.78, 5) is 109. The summed E-state index contributed by atoms with van der Waals surface area (Å²) in [7, 11) is 0. The van der Waals surface area contributed by atoms with Crippen LogP contribution in [-0.4, -0.2) is 135 Å². The number of likely N-dealkylation sites (tertiary alicyclic amines) is 2. The van der Waals surface area contributed by atoms with E-state index >= 15 is 0 Å². The summed E-state index contributed by atoms with van der Waals surface area (Å²) in [5.41, 5.74) is 7.87. The topological polar surface area (TPSA) is 258 Å². The molecule has 2 fully saturated rings. The largest absolute Gasteiger partial charge is 0.481 e. The number of carbonyl (C=O) groups excluding carboxylic acids is 6.